The van der Waals surface area contributed by atoms with Crippen LogP contribution in [0.1, 0.15) is 48.3 Å². The number of aromatic hydroxyl groups is 1. The molecule has 8 atom stereocenters. The largest absolute Gasteiger partial charge is 0.507 e. The number of nitrogens with zero attached hydrogens (tertiary/aromatic N) is 2. The molecule has 0 spiro atoms. The highest BCUT2D eigenvalue weighted by Crippen LogP contribution is 2.58. The van der Waals surface area contributed by atoms with Gasteiger partial charge in [0.25, 0.3) is 0 Å². The number of phenolic OH excluding ortho intramolecular Hbond substituents is 1. The first-order valence-electron chi connectivity index (χ1n) is 13.4. The minimum Gasteiger partial charge on any atom is -0.507 e. The molecule has 0 heterocycles. The molecule has 2 unspecified atom stereocenters. The highest BCUT2D eigenvalue weighted by Gasteiger charge is 2.83. The van der Waals surface area contributed by atoms with Gasteiger partial charge in [-0.2, -0.15) is 5.26 Å². The number of Topliss-reactive ketones (excluding diaryl/α,β-unsaturated/α-hetero) is 4. The number of ketones is 4. The minimum absolute atomic E-state index is 0.000562. The number of nitrogens with two attached hydrogens (primary N) is 4. The molecule has 3 aliphatic rings. The second kappa shape index (κ2) is 9.73. The second-order valence-electron chi connectivity index (χ2n) is 13.0. The van der Waals surface area contributed by atoms with Crippen molar-refractivity contribution in [3.05, 3.63) is 28.8 Å². The highest BCUT2D eigenvalue weighted by molar-refractivity contribution is 6.33. The van der Waals surface area contributed by atoms with Gasteiger partial charge in [-0.25, -0.2) is 0 Å². The van der Waals surface area contributed by atoms with Crippen molar-refractivity contribution in [2.24, 2.45) is 45.6 Å². The van der Waals surface area contributed by atoms with Gasteiger partial charge in [-0.15, -0.1) is 0 Å². The molecule has 14 nitrogen and oxygen atoms in total. The van der Waals surface area contributed by atoms with Gasteiger partial charge >= 0.3 is 0 Å². The average molecular weight is 584 g/mol. The number of likely N-dealkylation sites (N-methyl/N-ethyl adjacent to an activating group) is 1. The third-order valence-corrected chi connectivity index (χ3v) is 8.96. The molecule has 3 aliphatic carbocycles. The maximum Gasteiger partial charge on any atom is 0.235 e. The lowest BCUT2D eigenvalue weighted by atomic mass is 9.41. The molecule has 226 valence electrons. The van der Waals surface area contributed by atoms with E-state index in [9.17, 15) is 39.4 Å². The summed E-state index contributed by atoms with van der Waals surface area (Å²) in [6.45, 7) is 6.72. The molecule has 1 amide bonds. The molecular formula is C28H37N7O7. The number of rotatable bonds is 5. The van der Waals surface area contributed by atoms with Gasteiger partial charge in [0.05, 0.1) is 40.9 Å². The van der Waals surface area contributed by atoms with Crippen LogP contribution in [0.15, 0.2) is 12.1 Å². The molecule has 1 aromatic carbocycles. The van der Waals surface area contributed by atoms with E-state index in [0.717, 1.165) is 4.90 Å². The highest BCUT2D eigenvalue weighted by atomic mass is 16.3. The number of carbonyl (C=O) groups is 5. The molecule has 1 aromatic rings. The Morgan fingerprint density at radius 2 is 1.74 bits per heavy atom. The number of hydrogen-bond donors (Lipinski definition) is 7. The van der Waals surface area contributed by atoms with Crippen molar-refractivity contribution in [3.8, 4) is 11.8 Å². The van der Waals surface area contributed by atoms with Crippen LogP contribution in [0.2, 0.25) is 0 Å². The zero-order valence-electron chi connectivity index (χ0n) is 24.1. The lowest BCUT2D eigenvalue weighted by molar-refractivity contribution is -0.181. The number of benzene rings is 1. The number of primary amides is 1. The summed E-state index contributed by atoms with van der Waals surface area (Å²) in [7, 11) is 2.66. The second-order valence-corrected chi connectivity index (χ2v) is 13.0. The van der Waals surface area contributed by atoms with Gasteiger partial charge in [0.1, 0.15) is 11.7 Å². The van der Waals surface area contributed by atoms with E-state index in [2.05, 4.69) is 5.32 Å². The number of phenols is 1. The summed E-state index contributed by atoms with van der Waals surface area (Å²) in [6.07, 6.45) is -2.29. The summed E-state index contributed by atoms with van der Waals surface area (Å²) >= 11 is 0. The fourth-order valence-electron chi connectivity index (χ4n) is 7.01. The predicted octanol–water partition coefficient (Wildman–Crippen LogP) is -2.63. The van der Waals surface area contributed by atoms with Crippen LogP contribution in [0.3, 0.4) is 0 Å². The number of nitrogens with one attached hydrogen (secondary N) is 1. The van der Waals surface area contributed by atoms with Gasteiger partial charge in [-0.05, 0) is 25.1 Å². The first-order valence-corrected chi connectivity index (χ1v) is 13.4. The van der Waals surface area contributed by atoms with Crippen molar-refractivity contribution in [2.75, 3.05) is 20.6 Å². The number of amides is 1. The van der Waals surface area contributed by atoms with Crippen molar-refractivity contribution >= 4 is 29.0 Å². The van der Waals surface area contributed by atoms with E-state index in [4.69, 9.17) is 22.9 Å². The van der Waals surface area contributed by atoms with E-state index in [-0.39, 0.29) is 23.1 Å². The van der Waals surface area contributed by atoms with Gasteiger partial charge in [-0.1, -0.05) is 32.9 Å². The van der Waals surface area contributed by atoms with Gasteiger partial charge in [0.15, 0.2) is 34.5 Å². The first-order chi connectivity index (χ1) is 19.3. The monoisotopic (exact) mass is 583 g/mol. The van der Waals surface area contributed by atoms with Crippen molar-refractivity contribution in [1.29, 1.82) is 5.26 Å². The molecule has 14 heteroatoms. The average Bonchev–Trinajstić information content (AvgIpc) is 2.86. The van der Waals surface area contributed by atoms with Crippen molar-refractivity contribution < 1.29 is 34.2 Å². The number of aliphatic hydroxyl groups is 1. The molecule has 0 aromatic heterocycles. The number of fused-ring (bicyclic) bond motifs is 3. The molecule has 0 radical (unpaired) electrons. The van der Waals surface area contributed by atoms with E-state index >= 15 is 0 Å². The Hall–Kier alpha value is -3.58. The fourth-order valence-corrected chi connectivity index (χ4v) is 7.01. The van der Waals surface area contributed by atoms with Crippen LogP contribution < -0.4 is 28.3 Å². The third-order valence-electron chi connectivity index (χ3n) is 8.96. The van der Waals surface area contributed by atoms with Crippen LogP contribution >= 0.6 is 0 Å². The maximum atomic E-state index is 14.4. The maximum absolute atomic E-state index is 14.4. The summed E-state index contributed by atoms with van der Waals surface area (Å²) in [5.41, 5.74) is 16.8. The van der Waals surface area contributed by atoms with Crippen molar-refractivity contribution in [2.45, 2.75) is 56.6 Å². The number of aliphatic hydroxyl groups excluding tert-OH is 1. The van der Waals surface area contributed by atoms with Crippen LogP contribution in [0.4, 0.5) is 0 Å². The molecule has 0 aliphatic heterocycles. The van der Waals surface area contributed by atoms with Gasteiger partial charge < -0.3 is 38.5 Å². The Labute approximate surface area is 242 Å². The fraction of sp³-hybridized carbons (Fsp3) is 0.571. The minimum atomic E-state index is -3.10. The Balaban J connectivity index is 1.97. The van der Waals surface area contributed by atoms with Gasteiger partial charge in [-0.3, -0.25) is 28.9 Å². The number of hydrogen-bond acceptors (Lipinski definition) is 13. The smallest absolute Gasteiger partial charge is 0.235 e. The predicted molar refractivity (Wildman–Crippen MR) is 147 cm³/mol. The Morgan fingerprint density at radius 3 is 2.24 bits per heavy atom. The van der Waals surface area contributed by atoms with Crippen LogP contribution in [0.5, 0.6) is 5.75 Å². The van der Waals surface area contributed by atoms with E-state index in [1.54, 1.807) is 6.07 Å². The van der Waals surface area contributed by atoms with Crippen LogP contribution in [0, 0.1) is 34.0 Å². The molecule has 0 bridgehead atoms. The van der Waals surface area contributed by atoms with Crippen LogP contribution in [0.25, 0.3) is 0 Å². The normalized spacial score (nSPS) is 36.3. The number of nitriles is 1. The van der Waals surface area contributed by atoms with Crippen LogP contribution in [-0.4, -0.2) is 88.0 Å². The van der Waals surface area contributed by atoms with E-state index < -0.39 is 81.3 Å². The lowest BCUT2D eigenvalue weighted by Gasteiger charge is -2.64. The molecule has 11 N–H and O–H groups in total. The summed E-state index contributed by atoms with van der Waals surface area (Å²) in [5.74, 6) is -11.5. The molecule has 4 rings (SSSR count). The molecule has 2 saturated carbocycles. The summed E-state index contributed by atoms with van der Waals surface area (Å²) in [6, 6.07) is 1.20. The zero-order chi connectivity index (χ0) is 31.9. The third kappa shape index (κ3) is 3.75. The molecule has 0 saturated heterocycles. The van der Waals surface area contributed by atoms with Crippen molar-refractivity contribution in [3.63, 3.8) is 0 Å². The standard InChI is InChI=1S/C28H37N7O7/c1-25(2,3)10-34-8-11-6-7-12-13(16(11)36)17(37)15-22(40)26(9-29)21(39)14(23(31)41)18(38)20(35(4)5)28(26,33)24(42)27(15,32)19(12)30/h6-7,14-15,19-20,24,34,36,42H,8,10,30,32-33H2,1-5H3,(H2,31,41)/t14?,15?,19-,20+,24-,26-,27+,28-/m0/s1. The Morgan fingerprint density at radius 1 is 1.14 bits per heavy atom. The van der Waals surface area contributed by atoms with E-state index in [0.29, 0.717) is 12.1 Å². The Kier molecular flexibility index (Phi) is 7.27. The molecule has 42 heavy (non-hydrogen) atoms. The van der Waals surface area contributed by atoms with E-state index in [1.165, 1.54) is 26.2 Å². The van der Waals surface area contributed by atoms with Crippen molar-refractivity contribution in [1.82, 2.24) is 10.2 Å². The van der Waals surface area contributed by atoms with Gasteiger partial charge in [0.2, 0.25) is 5.91 Å². The SMILES string of the molecule is CN(C)[C@@H]1C(=O)C(C(N)=O)C(=O)[C@@]2(C#N)C(=O)C3C(=O)c4c(ccc(CNCC(C)(C)C)c4O)[C@H](N)[C@@]3(N)[C@H](O)[C@@]12N. The van der Waals surface area contributed by atoms with Gasteiger partial charge in [0, 0.05) is 18.7 Å². The topological polar surface area (TPSA) is 269 Å². The van der Waals surface area contributed by atoms with E-state index in [1.807, 2.05) is 20.8 Å². The molecule has 2 fully saturated rings. The number of carbonyl (C=O) groups excluding carboxylic acids is 5. The summed E-state index contributed by atoms with van der Waals surface area (Å²) in [4.78, 5) is 69.3. The van der Waals surface area contributed by atoms with Crippen LogP contribution in [-0.2, 0) is 25.7 Å². The lowest BCUT2D eigenvalue weighted by Crippen LogP contribution is -2.92. The summed E-state index contributed by atoms with van der Waals surface area (Å²) in [5, 5.41) is 36.8. The summed E-state index contributed by atoms with van der Waals surface area (Å²) < 4.78 is 0. The quantitative estimate of drug-likeness (QED) is 0.175. The first kappa shape index (κ1) is 31.4. The Bertz CT molecular complexity index is 1460. The molecular weight excluding hydrogens is 546 g/mol. The zero-order valence-corrected chi connectivity index (χ0v) is 24.1.